The summed E-state index contributed by atoms with van der Waals surface area (Å²) < 4.78 is 112. The molecule has 0 aliphatic heterocycles. The van der Waals surface area contributed by atoms with Crippen LogP contribution in [0, 0.1) is 10.8 Å². The first-order valence-corrected chi connectivity index (χ1v) is 7.90. The van der Waals surface area contributed by atoms with Gasteiger partial charge in [0.25, 0.3) is 5.67 Å². The van der Waals surface area contributed by atoms with Crippen LogP contribution in [-0.2, 0) is 0 Å². The van der Waals surface area contributed by atoms with Crippen molar-refractivity contribution in [1.82, 2.24) is 0 Å². The average molecular weight is 370 g/mol. The van der Waals surface area contributed by atoms with Crippen LogP contribution in [-0.4, -0.2) is 23.7 Å². The van der Waals surface area contributed by atoms with Gasteiger partial charge in [-0.05, 0) is 18.3 Å². The summed E-state index contributed by atoms with van der Waals surface area (Å²) in [6.07, 6.45) is -8.99. The molecule has 0 bridgehead atoms. The molecule has 1 atom stereocenters. The topological polar surface area (TPSA) is 0 Å². The van der Waals surface area contributed by atoms with E-state index in [-0.39, 0.29) is 6.42 Å². The zero-order valence-corrected chi connectivity index (χ0v) is 14.9. The lowest BCUT2D eigenvalue weighted by atomic mass is 9.64. The normalized spacial score (nSPS) is 17.8. The van der Waals surface area contributed by atoms with Gasteiger partial charge in [0.1, 0.15) is 0 Å². The number of rotatable bonds is 8. The molecule has 0 spiro atoms. The molecule has 146 valence electrons. The van der Waals surface area contributed by atoms with E-state index >= 15 is 0 Å². The summed E-state index contributed by atoms with van der Waals surface area (Å²) in [5.74, 6) is -11.0. The van der Waals surface area contributed by atoms with Gasteiger partial charge in [-0.3, -0.25) is 0 Å². The Hall–Kier alpha value is -0.560. The van der Waals surface area contributed by atoms with Gasteiger partial charge >= 0.3 is 18.0 Å². The molecule has 0 nitrogen and oxygen atoms in total. The van der Waals surface area contributed by atoms with Crippen molar-refractivity contribution in [3.05, 3.63) is 0 Å². The first-order chi connectivity index (χ1) is 10.4. The van der Waals surface area contributed by atoms with Crippen LogP contribution in [0.4, 0.5) is 35.1 Å². The second-order valence-electron chi connectivity index (χ2n) is 7.40. The van der Waals surface area contributed by atoms with E-state index in [4.69, 9.17) is 0 Å². The maximum Gasteiger partial charge on any atom is 0.429 e. The highest BCUT2D eigenvalue weighted by atomic mass is 19.4. The van der Waals surface area contributed by atoms with Gasteiger partial charge in [-0.25, -0.2) is 4.39 Å². The van der Waals surface area contributed by atoms with E-state index in [1.165, 1.54) is 20.8 Å². The molecule has 8 heteroatoms. The monoisotopic (exact) mass is 370 g/mol. The fourth-order valence-electron chi connectivity index (χ4n) is 2.73. The van der Waals surface area contributed by atoms with Crippen molar-refractivity contribution in [2.24, 2.45) is 10.8 Å². The largest absolute Gasteiger partial charge is 0.429 e. The Morgan fingerprint density at radius 3 is 1.25 bits per heavy atom. The van der Waals surface area contributed by atoms with Crippen molar-refractivity contribution in [3.63, 3.8) is 0 Å². The number of alkyl halides is 8. The first-order valence-electron chi connectivity index (χ1n) is 7.90. The van der Waals surface area contributed by atoms with Gasteiger partial charge in [-0.2, -0.15) is 30.7 Å². The van der Waals surface area contributed by atoms with Crippen molar-refractivity contribution < 1.29 is 35.1 Å². The maximum absolute atomic E-state index is 14.9. The molecule has 0 N–H and O–H groups in total. The van der Waals surface area contributed by atoms with Crippen LogP contribution in [0.25, 0.3) is 0 Å². The summed E-state index contributed by atoms with van der Waals surface area (Å²) in [5, 5.41) is 0. The highest BCUT2D eigenvalue weighted by Crippen LogP contribution is 2.63. The smallest absolute Gasteiger partial charge is 0.226 e. The lowest BCUT2D eigenvalue weighted by molar-refractivity contribution is -0.386. The van der Waals surface area contributed by atoms with E-state index in [0.29, 0.717) is 6.92 Å². The molecule has 0 amide bonds. The van der Waals surface area contributed by atoms with Crippen molar-refractivity contribution >= 4 is 0 Å². The number of hydrogen-bond donors (Lipinski definition) is 0. The summed E-state index contributed by atoms with van der Waals surface area (Å²) in [7, 11) is 0. The lowest BCUT2D eigenvalue weighted by Crippen LogP contribution is -2.70. The molecule has 0 aromatic heterocycles. The van der Waals surface area contributed by atoms with Gasteiger partial charge in [0.2, 0.25) is 0 Å². The molecule has 0 radical (unpaired) electrons. The molecule has 0 saturated heterocycles. The van der Waals surface area contributed by atoms with Gasteiger partial charge in [0, 0.05) is 11.8 Å². The Kier molecular flexibility index (Phi) is 6.48. The van der Waals surface area contributed by atoms with Crippen LogP contribution in [0.3, 0.4) is 0 Å². The van der Waals surface area contributed by atoms with Gasteiger partial charge in [0.15, 0.2) is 0 Å². The zero-order chi connectivity index (χ0) is 19.8. The van der Waals surface area contributed by atoms with Crippen molar-refractivity contribution in [1.29, 1.82) is 0 Å². The lowest BCUT2D eigenvalue weighted by Gasteiger charge is -2.49. The summed E-state index contributed by atoms with van der Waals surface area (Å²) in [6, 6.07) is 0. The zero-order valence-electron chi connectivity index (χ0n) is 14.9. The molecule has 0 aliphatic carbocycles. The molecule has 1 unspecified atom stereocenters. The molecule has 0 fully saturated rings. The molecule has 0 aliphatic rings. The van der Waals surface area contributed by atoms with Crippen LogP contribution in [0.2, 0.25) is 0 Å². The summed E-state index contributed by atoms with van der Waals surface area (Å²) in [4.78, 5) is 0. The predicted molar refractivity (Wildman–Crippen MR) is 77.2 cm³/mol. The third-order valence-electron chi connectivity index (χ3n) is 5.33. The van der Waals surface area contributed by atoms with Gasteiger partial charge in [0.05, 0.1) is 0 Å². The number of hydrogen-bond acceptors (Lipinski definition) is 0. The van der Waals surface area contributed by atoms with E-state index in [2.05, 4.69) is 0 Å². The Labute approximate surface area is 138 Å². The van der Waals surface area contributed by atoms with E-state index in [0.717, 1.165) is 13.8 Å². The van der Waals surface area contributed by atoms with E-state index in [1.54, 1.807) is 0 Å². The van der Waals surface area contributed by atoms with Crippen LogP contribution in [0.5, 0.6) is 0 Å². The Balaban J connectivity index is 6.41. The SMILES string of the molecule is CCC(C)(C)CC(F)(F)C(F)(F)C(F)(C(F)(F)F)C(C)(CC)CC. The molecule has 0 rings (SSSR count). The highest BCUT2D eigenvalue weighted by molar-refractivity contribution is 5.14. The predicted octanol–water partition coefficient (Wildman–Crippen LogP) is 7.18. The average Bonchev–Trinajstić information content (AvgIpc) is 2.42. The van der Waals surface area contributed by atoms with E-state index in [1.807, 2.05) is 0 Å². The third-order valence-corrected chi connectivity index (χ3v) is 5.33. The summed E-state index contributed by atoms with van der Waals surface area (Å²) in [6.45, 7) is 6.69. The second-order valence-corrected chi connectivity index (χ2v) is 7.40. The quantitative estimate of drug-likeness (QED) is 0.397. The summed E-state index contributed by atoms with van der Waals surface area (Å²) in [5.41, 5.74) is -9.40. The molecule has 0 saturated carbocycles. The standard InChI is InChI=1S/C16H26F8/c1-7-11(4,5)10-13(17,18)15(20,21)14(19,16(22,23)24)12(6,8-2)9-3/h7-10H2,1-6H3. The minimum Gasteiger partial charge on any atom is -0.226 e. The van der Waals surface area contributed by atoms with Crippen LogP contribution in [0.15, 0.2) is 0 Å². The maximum atomic E-state index is 14.9. The fourth-order valence-corrected chi connectivity index (χ4v) is 2.73. The van der Waals surface area contributed by atoms with Crippen LogP contribution >= 0.6 is 0 Å². The summed E-state index contributed by atoms with van der Waals surface area (Å²) >= 11 is 0. The molecule has 0 aromatic rings. The Morgan fingerprint density at radius 2 is 1.00 bits per heavy atom. The minimum atomic E-state index is -6.14. The van der Waals surface area contributed by atoms with Crippen molar-refractivity contribution in [2.75, 3.05) is 0 Å². The van der Waals surface area contributed by atoms with Crippen molar-refractivity contribution in [3.8, 4) is 0 Å². The Morgan fingerprint density at radius 1 is 0.625 bits per heavy atom. The molecule has 0 heterocycles. The molecule has 0 aromatic carbocycles. The highest BCUT2D eigenvalue weighted by Gasteiger charge is 2.84. The number of halogens is 8. The fraction of sp³-hybridized carbons (Fsp3) is 1.00. The molecule has 24 heavy (non-hydrogen) atoms. The second kappa shape index (κ2) is 6.63. The van der Waals surface area contributed by atoms with E-state index in [9.17, 15) is 35.1 Å². The van der Waals surface area contributed by atoms with E-state index < -0.39 is 53.8 Å². The minimum absolute atomic E-state index is 0.0306. The van der Waals surface area contributed by atoms with Gasteiger partial charge in [-0.15, -0.1) is 0 Å². The third kappa shape index (κ3) is 3.52. The van der Waals surface area contributed by atoms with Crippen molar-refractivity contribution in [2.45, 2.75) is 90.9 Å². The van der Waals surface area contributed by atoms with Gasteiger partial charge in [-0.1, -0.05) is 48.0 Å². The van der Waals surface area contributed by atoms with Crippen LogP contribution < -0.4 is 0 Å². The first kappa shape index (κ1) is 23.4. The van der Waals surface area contributed by atoms with Crippen LogP contribution in [0.1, 0.15) is 67.2 Å². The molecular formula is C16H26F8. The molecular weight excluding hydrogens is 344 g/mol. The van der Waals surface area contributed by atoms with Gasteiger partial charge < -0.3 is 0 Å². The Bertz CT molecular complexity index is 420.